The molecule has 0 aliphatic carbocycles. The monoisotopic (exact) mass is 623 g/mol. The zero-order valence-corrected chi connectivity index (χ0v) is 22.5. The number of esters is 1. The van der Waals surface area contributed by atoms with Crippen LogP contribution in [0.15, 0.2) is 97.5 Å². The number of carbonyl (C=O) groups excluding carboxylic acids is 3. The van der Waals surface area contributed by atoms with Crippen LogP contribution in [0.2, 0.25) is 0 Å². The number of anilines is 1. The van der Waals surface area contributed by atoms with Crippen molar-refractivity contribution < 1.29 is 23.5 Å². The summed E-state index contributed by atoms with van der Waals surface area (Å²) < 4.78 is 11.7. The Hall–Kier alpha value is -4.02. The number of hydrogen-bond acceptors (Lipinski definition) is 6. The lowest BCUT2D eigenvalue weighted by atomic mass is 10.1. The molecule has 0 spiro atoms. The van der Waals surface area contributed by atoms with Crippen LogP contribution in [0.3, 0.4) is 0 Å². The number of aryl methyl sites for hydroxylation is 1. The number of rotatable bonds is 7. The van der Waals surface area contributed by atoms with E-state index in [2.05, 4.69) is 47.7 Å². The molecule has 0 bridgehead atoms. The highest BCUT2D eigenvalue weighted by Crippen LogP contribution is 2.32. The number of halogens is 2. The molecule has 37 heavy (non-hydrogen) atoms. The Morgan fingerprint density at radius 3 is 2.43 bits per heavy atom. The molecule has 0 aliphatic heterocycles. The molecule has 1 aromatic heterocycles. The van der Waals surface area contributed by atoms with Crippen LogP contribution in [-0.4, -0.2) is 24.0 Å². The highest BCUT2D eigenvalue weighted by molar-refractivity contribution is 9.11. The van der Waals surface area contributed by atoms with Crippen molar-refractivity contribution in [2.45, 2.75) is 6.92 Å². The topological polar surface area (TPSA) is 110 Å². The van der Waals surface area contributed by atoms with E-state index in [9.17, 15) is 14.4 Å². The molecule has 4 rings (SSSR count). The van der Waals surface area contributed by atoms with E-state index in [1.165, 1.54) is 18.5 Å². The first-order valence-electron chi connectivity index (χ1n) is 10.9. The second-order valence-electron chi connectivity index (χ2n) is 7.77. The number of furan rings is 1. The van der Waals surface area contributed by atoms with Gasteiger partial charge in [-0.3, -0.25) is 9.59 Å². The number of nitrogens with zero attached hydrogens (tertiary/aromatic N) is 1. The number of amides is 2. The van der Waals surface area contributed by atoms with Gasteiger partial charge in [-0.15, -0.1) is 0 Å². The maximum Gasteiger partial charge on any atom is 0.379 e. The van der Waals surface area contributed by atoms with Gasteiger partial charge in [0.15, 0.2) is 5.75 Å². The molecule has 0 radical (unpaired) electrons. The molecule has 0 unspecified atom stereocenters. The smallest absolute Gasteiger partial charge is 0.379 e. The Kier molecular flexibility index (Phi) is 8.32. The van der Waals surface area contributed by atoms with Crippen molar-refractivity contribution in [3.8, 4) is 5.75 Å². The number of benzene rings is 3. The van der Waals surface area contributed by atoms with Gasteiger partial charge < -0.3 is 14.5 Å². The number of ether oxygens (including phenoxy) is 1. The average Bonchev–Trinajstić information content (AvgIpc) is 3.42. The minimum absolute atomic E-state index is 0.0420. The minimum atomic E-state index is -0.684. The second-order valence-corrected chi connectivity index (χ2v) is 9.54. The van der Waals surface area contributed by atoms with E-state index >= 15 is 0 Å². The summed E-state index contributed by atoms with van der Waals surface area (Å²) >= 11 is 6.76. The van der Waals surface area contributed by atoms with Crippen molar-refractivity contribution >= 4 is 61.5 Å². The summed E-state index contributed by atoms with van der Waals surface area (Å²) in [7, 11) is 0. The number of hydrogen-bond donors (Lipinski definition) is 2. The van der Waals surface area contributed by atoms with Crippen LogP contribution in [0.4, 0.5) is 5.69 Å². The largest absolute Gasteiger partial charge is 0.457 e. The van der Waals surface area contributed by atoms with E-state index in [1.807, 2.05) is 19.1 Å². The lowest BCUT2D eigenvalue weighted by Gasteiger charge is -2.10. The van der Waals surface area contributed by atoms with Crippen molar-refractivity contribution in [2.75, 3.05) is 5.32 Å². The molecule has 2 N–H and O–H groups in total. The van der Waals surface area contributed by atoms with Crippen LogP contribution in [0.1, 0.15) is 42.4 Å². The van der Waals surface area contributed by atoms with E-state index in [0.717, 1.165) is 5.56 Å². The van der Waals surface area contributed by atoms with E-state index in [0.29, 0.717) is 31.3 Å². The van der Waals surface area contributed by atoms with Gasteiger partial charge in [-0.25, -0.2) is 10.2 Å². The quantitative estimate of drug-likeness (QED) is 0.108. The predicted octanol–water partition coefficient (Wildman–Crippen LogP) is 6.35. The predicted molar refractivity (Wildman–Crippen MR) is 146 cm³/mol. The fourth-order valence-corrected chi connectivity index (χ4v) is 4.53. The van der Waals surface area contributed by atoms with Gasteiger partial charge in [0.25, 0.3) is 11.8 Å². The first-order valence-corrected chi connectivity index (χ1v) is 12.4. The van der Waals surface area contributed by atoms with E-state index in [1.54, 1.807) is 54.6 Å². The summed E-state index contributed by atoms with van der Waals surface area (Å²) in [6.07, 6.45) is 2.72. The standard InChI is InChI=1S/C27H19Br2N3O5/c1-16-7-9-17(10-8-16)25(33)31-21-5-2-4-18(13-21)26(34)32-30-15-19-12-20(28)14-22(29)24(19)37-27(35)23-6-3-11-36-23/h2-15H,1H3,(H,31,33)(H,32,34). The highest BCUT2D eigenvalue weighted by Gasteiger charge is 2.17. The van der Waals surface area contributed by atoms with Gasteiger partial charge in [0, 0.05) is 26.9 Å². The molecule has 1 heterocycles. The maximum atomic E-state index is 12.7. The molecule has 8 nitrogen and oxygen atoms in total. The summed E-state index contributed by atoms with van der Waals surface area (Å²) in [5.74, 6) is -1.22. The van der Waals surface area contributed by atoms with Gasteiger partial charge in [0.1, 0.15) is 0 Å². The van der Waals surface area contributed by atoms with Crippen molar-refractivity contribution in [3.63, 3.8) is 0 Å². The van der Waals surface area contributed by atoms with E-state index < -0.39 is 11.9 Å². The molecule has 186 valence electrons. The number of hydrazone groups is 1. The Morgan fingerprint density at radius 1 is 0.919 bits per heavy atom. The molecule has 4 aromatic rings. The highest BCUT2D eigenvalue weighted by atomic mass is 79.9. The second kappa shape index (κ2) is 11.8. The molecule has 3 aromatic carbocycles. The molecule has 0 saturated carbocycles. The Morgan fingerprint density at radius 2 is 1.70 bits per heavy atom. The first kappa shape index (κ1) is 26.1. The van der Waals surface area contributed by atoms with Gasteiger partial charge in [0.05, 0.1) is 17.0 Å². The zero-order chi connectivity index (χ0) is 26.4. The average molecular weight is 625 g/mol. The Labute approximate surface area is 229 Å². The lowest BCUT2D eigenvalue weighted by Crippen LogP contribution is -2.18. The van der Waals surface area contributed by atoms with Crippen LogP contribution in [0, 0.1) is 6.92 Å². The van der Waals surface area contributed by atoms with Gasteiger partial charge in [-0.05, 0) is 77.5 Å². The normalized spacial score (nSPS) is 10.8. The fourth-order valence-electron chi connectivity index (χ4n) is 3.19. The summed E-state index contributed by atoms with van der Waals surface area (Å²) in [6.45, 7) is 1.94. The molecule has 0 saturated heterocycles. The third-order valence-corrected chi connectivity index (χ3v) is 6.07. The number of carbonyl (C=O) groups is 3. The molecular weight excluding hydrogens is 606 g/mol. The Bertz CT molecular complexity index is 1480. The van der Waals surface area contributed by atoms with Crippen LogP contribution in [0.5, 0.6) is 5.75 Å². The molecule has 0 fully saturated rings. The lowest BCUT2D eigenvalue weighted by molar-refractivity contribution is 0.0699. The fraction of sp³-hybridized carbons (Fsp3) is 0.0370. The molecule has 0 atom stereocenters. The third kappa shape index (κ3) is 6.81. The van der Waals surface area contributed by atoms with Gasteiger partial charge in [-0.1, -0.05) is 39.7 Å². The summed E-state index contributed by atoms with van der Waals surface area (Å²) in [5.41, 5.74) is 5.17. The molecule has 0 aliphatic rings. The van der Waals surface area contributed by atoms with Crippen molar-refractivity contribution in [3.05, 3.63) is 116 Å². The van der Waals surface area contributed by atoms with E-state index in [-0.39, 0.29) is 17.4 Å². The van der Waals surface area contributed by atoms with Gasteiger partial charge >= 0.3 is 5.97 Å². The SMILES string of the molecule is Cc1ccc(C(=O)Nc2cccc(C(=O)NN=Cc3cc(Br)cc(Br)c3OC(=O)c3ccco3)c2)cc1. The Balaban J connectivity index is 1.45. The summed E-state index contributed by atoms with van der Waals surface area (Å²) in [4.78, 5) is 37.5. The first-order chi connectivity index (χ1) is 17.8. The summed E-state index contributed by atoms with van der Waals surface area (Å²) in [5, 5.41) is 6.79. The zero-order valence-electron chi connectivity index (χ0n) is 19.3. The van der Waals surface area contributed by atoms with Crippen LogP contribution >= 0.6 is 31.9 Å². The van der Waals surface area contributed by atoms with Crippen molar-refractivity contribution in [1.29, 1.82) is 0 Å². The van der Waals surface area contributed by atoms with Gasteiger partial charge in [0.2, 0.25) is 5.76 Å². The minimum Gasteiger partial charge on any atom is -0.457 e. The molecule has 2 amide bonds. The van der Waals surface area contributed by atoms with Crippen LogP contribution < -0.4 is 15.5 Å². The third-order valence-electron chi connectivity index (χ3n) is 5.02. The van der Waals surface area contributed by atoms with Crippen LogP contribution in [-0.2, 0) is 0 Å². The van der Waals surface area contributed by atoms with Crippen LogP contribution in [0.25, 0.3) is 0 Å². The number of nitrogens with one attached hydrogen (secondary N) is 2. The molecule has 10 heteroatoms. The van der Waals surface area contributed by atoms with Crippen molar-refractivity contribution in [1.82, 2.24) is 5.43 Å². The molecular formula is C27H19Br2N3O5. The summed E-state index contributed by atoms with van der Waals surface area (Å²) in [6, 6.07) is 20.1. The van der Waals surface area contributed by atoms with Gasteiger partial charge in [-0.2, -0.15) is 5.10 Å². The maximum absolute atomic E-state index is 12.7. The van der Waals surface area contributed by atoms with Crippen molar-refractivity contribution in [2.24, 2.45) is 5.10 Å². The van der Waals surface area contributed by atoms with E-state index in [4.69, 9.17) is 9.15 Å².